The van der Waals surface area contributed by atoms with Gasteiger partial charge >= 0.3 is 12.1 Å². The van der Waals surface area contributed by atoms with Gasteiger partial charge in [-0.3, -0.25) is 9.58 Å². The number of carbonyl (C=O) groups is 1. The van der Waals surface area contributed by atoms with Gasteiger partial charge in [0.05, 0.1) is 6.20 Å². The summed E-state index contributed by atoms with van der Waals surface area (Å²) in [6, 6.07) is 8.66. The second-order valence-corrected chi connectivity index (χ2v) is 7.08. The van der Waals surface area contributed by atoms with Crippen molar-refractivity contribution in [3.63, 3.8) is 0 Å². The molecule has 1 aliphatic heterocycles. The second-order valence-electron chi connectivity index (χ2n) is 7.08. The highest BCUT2D eigenvalue weighted by Gasteiger charge is 2.38. The van der Waals surface area contributed by atoms with E-state index in [0.717, 1.165) is 25.9 Å². The van der Waals surface area contributed by atoms with Crippen molar-refractivity contribution in [2.45, 2.75) is 32.0 Å². The standard InChI is InChI=1S/C18H22N4.C2HF3O2/c1-21-12-14(11-19-21)5-4-9-22-10-8-16-15-6-2-3-7-17(15)20-18(16)13-22;3-2(4,5)1(6)7/h2-3,6-7,11-12,20H,4-5,8-10,13H2,1H3;(H,6,7). The lowest BCUT2D eigenvalue weighted by molar-refractivity contribution is -0.192. The van der Waals surface area contributed by atoms with Crippen molar-refractivity contribution in [3.8, 4) is 0 Å². The Bertz CT molecular complexity index is 978. The van der Waals surface area contributed by atoms with Crippen LogP contribution in [0, 0.1) is 0 Å². The molecule has 0 spiro atoms. The zero-order valence-corrected chi connectivity index (χ0v) is 16.0. The molecule has 0 saturated carbocycles. The highest BCUT2D eigenvalue weighted by Crippen LogP contribution is 2.27. The largest absolute Gasteiger partial charge is 0.490 e. The molecule has 0 aliphatic carbocycles. The van der Waals surface area contributed by atoms with Gasteiger partial charge in [0.15, 0.2) is 0 Å². The van der Waals surface area contributed by atoms with Gasteiger partial charge in [-0.05, 0) is 43.0 Å². The van der Waals surface area contributed by atoms with Gasteiger partial charge in [0.1, 0.15) is 0 Å². The maximum Gasteiger partial charge on any atom is 0.490 e. The molecule has 1 aliphatic rings. The number of alkyl halides is 3. The zero-order valence-electron chi connectivity index (χ0n) is 16.0. The number of para-hydroxylation sites is 1. The van der Waals surface area contributed by atoms with E-state index >= 15 is 0 Å². The first-order chi connectivity index (χ1) is 13.7. The molecular formula is C20H23F3N4O2. The van der Waals surface area contributed by atoms with Crippen molar-refractivity contribution in [2.75, 3.05) is 13.1 Å². The summed E-state index contributed by atoms with van der Waals surface area (Å²) < 4.78 is 33.6. The third kappa shape index (κ3) is 5.38. The number of nitrogens with zero attached hydrogens (tertiary/aromatic N) is 3. The number of nitrogens with one attached hydrogen (secondary N) is 1. The van der Waals surface area contributed by atoms with Gasteiger partial charge in [0.25, 0.3) is 0 Å². The third-order valence-corrected chi connectivity index (χ3v) is 4.90. The van der Waals surface area contributed by atoms with Gasteiger partial charge in [-0.2, -0.15) is 18.3 Å². The fourth-order valence-electron chi connectivity index (χ4n) is 3.55. The Kier molecular flexibility index (Phi) is 6.26. The molecule has 156 valence electrons. The summed E-state index contributed by atoms with van der Waals surface area (Å²) in [6.45, 7) is 3.38. The van der Waals surface area contributed by atoms with Gasteiger partial charge < -0.3 is 10.1 Å². The van der Waals surface area contributed by atoms with E-state index in [1.165, 1.54) is 40.7 Å². The smallest absolute Gasteiger partial charge is 0.475 e. The lowest BCUT2D eigenvalue weighted by atomic mass is 10.0. The molecular weight excluding hydrogens is 385 g/mol. The number of H-pyrrole nitrogens is 1. The van der Waals surface area contributed by atoms with Crippen LogP contribution < -0.4 is 0 Å². The van der Waals surface area contributed by atoms with Crippen LogP contribution in [-0.2, 0) is 31.2 Å². The number of carboxylic acid groups (broad SMARTS) is 1. The first-order valence-electron chi connectivity index (χ1n) is 9.32. The molecule has 1 aromatic carbocycles. The lowest BCUT2D eigenvalue weighted by Crippen LogP contribution is -2.31. The van der Waals surface area contributed by atoms with Gasteiger partial charge in [0, 0.05) is 42.9 Å². The summed E-state index contributed by atoms with van der Waals surface area (Å²) >= 11 is 0. The van der Waals surface area contributed by atoms with Gasteiger partial charge in [0.2, 0.25) is 0 Å². The quantitative estimate of drug-likeness (QED) is 0.693. The number of rotatable bonds is 4. The van der Waals surface area contributed by atoms with E-state index in [9.17, 15) is 13.2 Å². The third-order valence-electron chi connectivity index (χ3n) is 4.90. The van der Waals surface area contributed by atoms with Crippen LogP contribution in [0.3, 0.4) is 0 Å². The number of aliphatic carboxylic acids is 1. The molecule has 0 radical (unpaired) electrons. The molecule has 2 N–H and O–H groups in total. The van der Waals surface area contributed by atoms with E-state index in [1.807, 2.05) is 17.9 Å². The number of benzene rings is 1. The van der Waals surface area contributed by atoms with E-state index < -0.39 is 12.1 Å². The number of fused-ring (bicyclic) bond motifs is 3. The maximum atomic E-state index is 10.6. The summed E-state index contributed by atoms with van der Waals surface area (Å²) in [4.78, 5) is 15.1. The number of aromatic amines is 1. The van der Waals surface area contributed by atoms with Crippen molar-refractivity contribution in [1.82, 2.24) is 19.7 Å². The average Bonchev–Trinajstić information content (AvgIpc) is 3.24. The van der Waals surface area contributed by atoms with Crippen molar-refractivity contribution < 1.29 is 23.1 Å². The van der Waals surface area contributed by atoms with Crippen LogP contribution in [0.25, 0.3) is 10.9 Å². The Labute approximate surface area is 165 Å². The summed E-state index contributed by atoms with van der Waals surface area (Å²) in [7, 11) is 1.98. The highest BCUT2D eigenvalue weighted by molar-refractivity contribution is 5.84. The molecule has 0 bridgehead atoms. The summed E-state index contributed by atoms with van der Waals surface area (Å²) in [5, 5.41) is 12.8. The Morgan fingerprint density at radius 1 is 1.31 bits per heavy atom. The average molecular weight is 408 g/mol. The Hall–Kier alpha value is -2.81. The van der Waals surface area contributed by atoms with Crippen LogP contribution in [0.1, 0.15) is 23.2 Å². The number of carboxylic acids is 1. The minimum absolute atomic E-state index is 1.05. The Morgan fingerprint density at radius 3 is 2.69 bits per heavy atom. The molecule has 6 nitrogen and oxygen atoms in total. The fraction of sp³-hybridized carbons (Fsp3) is 0.400. The van der Waals surface area contributed by atoms with Crippen LogP contribution in [0.5, 0.6) is 0 Å². The molecule has 0 amide bonds. The van der Waals surface area contributed by atoms with Crippen molar-refractivity contribution in [2.24, 2.45) is 7.05 Å². The van der Waals surface area contributed by atoms with E-state index in [0.29, 0.717) is 0 Å². The molecule has 29 heavy (non-hydrogen) atoms. The second kappa shape index (κ2) is 8.69. The predicted octanol–water partition coefficient (Wildman–Crippen LogP) is 3.53. The Balaban J connectivity index is 0.000000298. The fourth-order valence-corrected chi connectivity index (χ4v) is 3.55. The minimum atomic E-state index is -5.08. The zero-order chi connectivity index (χ0) is 21.0. The first kappa shape index (κ1) is 20.9. The van der Waals surface area contributed by atoms with Crippen molar-refractivity contribution >= 4 is 16.9 Å². The summed E-state index contributed by atoms with van der Waals surface area (Å²) in [6.07, 6.45) is 2.48. The van der Waals surface area contributed by atoms with E-state index in [1.54, 1.807) is 0 Å². The Morgan fingerprint density at radius 2 is 2.03 bits per heavy atom. The van der Waals surface area contributed by atoms with Gasteiger partial charge in [-0.25, -0.2) is 4.79 Å². The topological polar surface area (TPSA) is 74.2 Å². The highest BCUT2D eigenvalue weighted by atomic mass is 19.4. The molecule has 0 atom stereocenters. The summed E-state index contributed by atoms with van der Waals surface area (Å²) in [5.74, 6) is -2.76. The lowest BCUT2D eigenvalue weighted by Gasteiger charge is -2.26. The van der Waals surface area contributed by atoms with Crippen LogP contribution in [-0.4, -0.2) is 50.0 Å². The normalized spacial score (nSPS) is 14.3. The van der Waals surface area contributed by atoms with Crippen LogP contribution >= 0.6 is 0 Å². The monoisotopic (exact) mass is 408 g/mol. The number of aromatic nitrogens is 3. The van der Waals surface area contributed by atoms with Crippen molar-refractivity contribution in [1.29, 1.82) is 0 Å². The number of halogens is 3. The molecule has 0 unspecified atom stereocenters. The predicted molar refractivity (Wildman–Crippen MR) is 102 cm³/mol. The van der Waals surface area contributed by atoms with Gasteiger partial charge in [-0.15, -0.1) is 0 Å². The number of hydrogen-bond acceptors (Lipinski definition) is 3. The molecule has 0 fully saturated rings. The number of aryl methyl sites for hydroxylation is 2. The first-order valence-corrected chi connectivity index (χ1v) is 9.32. The minimum Gasteiger partial charge on any atom is -0.475 e. The van der Waals surface area contributed by atoms with Crippen LogP contribution in [0.15, 0.2) is 36.7 Å². The molecule has 9 heteroatoms. The molecule has 3 aromatic rings. The summed E-state index contributed by atoms with van der Waals surface area (Å²) in [5.41, 5.74) is 5.56. The van der Waals surface area contributed by atoms with Crippen LogP contribution in [0.4, 0.5) is 13.2 Å². The molecule has 3 heterocycles. The van der Waals surface area contributed by atoms with Gasteiger partial charge in [-0.1, -0.05) is 18.2 Å². The van der Waals surface area contributed by atoms with E-state index in [-0.39, 0.29) is 0 Å². The van der Waals surface area contributed by atoms with Crippen molar-refractivity contribution in [3.05, 3.63) is 53.5 Å². The molecule has 0 saturated heterocycles. The van der Waals surface area contributed by atoms with E-state index in [4.69, 9.17) is 9.90 Å². The SMILES string of the molecule is Cn1cc(CCCN2CCc3c([nH]c4ccccc34)C2)cn1.O=C(O)C(F)(F)F. The number of hydrogen-bond donors (Lipinski definition) is 2. The van der Waals surface area contributed by atoms with E-state index in [2.05, 4.69) is 45.4 Å². The van der Waals surface area contributed by atoms with Crippen LogP contribution in [0.2, 0.25) is 0 Å². The molecule has 4 rings (SSSR count). The maximum absolute atomic E-state index is 10.6. The molecule has 2 aromatic heterocycles.